The van der Waals surface area contributed by atoms with Crippen LogP contribution < -0.4 is 4.90 Å². The average Bonchev–Trinajstić information content (AvgIpc) is 3.24. The van der Waals surface area contributed by atoms with Gasteiger partial charge in [0, 0.05) is 44.0 Å². The van der Waals surface area contributed by atoms with E-state index in [0.717, 1.165) is 33.6 Å². The van der Waals surface area contributed by atoms with Crippen LogP contribution in [-0.2, 0) is 0 Å². The molecule has 0 fully saturated rings. The van der Waals surface area contributed by atoms with Crippen LogP contribution >= 0.6 is 11.8 Å². The molecule has 1 aromatic heterocycles. The minimum Gasteiger partial charge on any atom is -0.456 e. The maximum absolute atomic E-state index is 6.36. The molecule has 0 saturated heterocycles. The molecule has 0 N–H and O–H groups in total. The van der Waals surface area contributed by atoms with Gasteiger partial charge in [-0.3, -0.25) is 0 Å². The first-order chi connectivity index (χ1) is 16.7. The van der Waals surface area contributed by atoms with Crippen molar-refractivity contribution in [3.8, 4) is 0 Å². The maximum atomic E-state index is 6.36. The predicted octanol–water partition coefficient (Wildman–Crippen LogP) is 9.71. The van der Waals surface area contributed by atoms with Crippen LogP contribution in [0, 0.1) is 0 Å². The number of furan rings is 1. The zero-order chi connectivity index (χ0) is 23.1. The Morgan fingerprint density at radius 1 is 0.618 bits per heavy atom. The van der Waals surface area contributed by atoms with Crippen molar-refractivity contribution < 1.29 is 4.42 Å². The molecule has 0 aliphatic carbocycles. The summed E-state index contributed by atoms with van der Waals surface area (Å²) in [4.78, 5) is 3.57. The molecule has 2 nitrogen and oxygen atoms in total. The molecule has 0 aliphatic rings. The molecular formula is C31H25NOS. The van der Waals surface area contributed by atoms with Gasteiger partial charge in [0.25, 0.3) is 0 Å². The second kappa shape index (κ2) is 8.58. The van der Waals surface area contributed by atoms with E-state index in [4.69, 9.17) is 4.42 Å². The molecule has 6 aromatic rings. The van der Waals surface area contributed by atoms with E-state index < -0.39 is 0 Å². The third-order valence-corrected chi connectivity index (χ3v) is 7.10. The van der Waals surface area contributed by atoms with Gasteiger partial charge in [0.15, 0.2) is 0 Å². The molecule has 0 amide bonds. The smallest absolute Gasteiger partial charge is 0.137 e. The highest BCUT2D eigenvalue weighted by molar-refractivity contribution is 7.99. The molecule has 34 heavy (non-hydrogen) atoms. The van der Waals surface area contributed by atoms with E-state index in [1.807, 2.05) is 11.8 Å². The van der Waals surface area contributed by atoms with Crippen molar-refractivity contribution in [3.63, 3.8) is 0 Å². The highest BCUT2D eigenvalue weighted by Crippen LogP contribution is 2.40. The summed E-state index contributed by atoms with van der Waals surface area (Å²) in [7, 11) is 0. The van der Waals surface area contributed by atoms with E-state index in [1.54, 1.807) is 0 Å². The summed E-state index contributed by atoms with van der Waals surface area (Å²) in [6, 6.07) is 38.6. The maximum Gasteiger partial charge on any atom is 0.137 e. The number of thioether (sulfide) groups is 1. The lowest BCUT2D eigenvalue weighted by atomic mass is 10.0. The topological polar surface area (TPSA) is 16.4 Å². The summed E-state index contributed by atoms with van der Waals surface area (Å²) in [6.07, 6.45) is 0. The normalized spacial score (nSPS) is 11.6. The van der Waals surface area contributed by atoms with Gasteiger partial charge < -0.3 is 9.32 Å². The lowest BCUT2D eigenvalue weighted by Gasteiger charge is -2.25. The molecule has 6 rings (SSSR count). The number of anilines is 3. The molecule has 5 aromatic carbocycles. The molecule has 0 unspecified atom stereocenters. The second-order valence-corrected chi connectivity index (χ2v) is 10.4. The van der Waals surface area contributed by atoms with E-state index in [1.165, 1.54) is 21.1 Å². The Balaban J connectivity index is 1.51. The summed E-state index contributed by atoms with van der Waals surface area (Å²) in [5.74, 6) is 0. The van der Waals surface area contributed by atoms with Crippen LogP contribution in [0.3, 0.4) is 0 Å². The van der Waals surface area contributed by atoms with Crippen molar-refractivity contribution in [3.05, 3.63) is 109 Å². The number of nitrogens with zero attached hydrogens (tertiary/aromatic N) is 1. The number of benzene rings is 5. The molecular weight excluding hydrogens is 434 g/mol. The average molecular weight is 460 g/mol. The van der Waals surface area contributed by atoms with Crippen molar-refractivity contribution in [2.24, 2.45) is 0 Å². The van der Waals surface area contributed by atoms with Gasteiger partial charge in [0.05, 0.1) is 0 Å². The number of rotatable bonds is 5. The fraction of sp³-hybridized carbons (Fsp3) is 0.0968. The first kappa shape index (κ1) is 20.9. The van der Waals surface area contributed by atoms with Gasteiger partial charge in [-0.15, -0.1) is 11.8 Å². The minimum atomic E-state index is 0.558. The second-order valence-electron chi connectivity index (χ2n) is 8.77. The minimum absolute atomic E-state index is 0.558. The highest BCUT2D eigenvalue weighted by atomic mass is 32.2. The Kier molecular flexibility index (Phi) is 5.27. The first-order valence-corrected chi connectivity index (χ1v) is 12.5. The Labute approximate surface area is 203 Å². The Bertz CT molecular complexity index is 1600. The van der Waals surface area contributed by atoms with Crippen LogP contribution in [0.2, 0.25) is 0 Å². The van der Waals surface area contributed by atoms with Crippen molar-refractivity contribution >= 4 is 61.5 Å². The molecule has 0 aliphatic heterocycles. The van der Waals surface area contributed by atoms with Crippen LogP contribution in [0.25, 0.3) is 32.7 Å². The summed E-state index contributed by atoms with van der Waals surface area (Å²) in [5.41, 5.74) is 5.14. The van der Waals surface area contributed by atoms with Gasteiger partial charge in [-0.1, -0.05) is 62.4 Å². The number of para-hydroxylation sites is 1. The molecule has 0 spiro atoms. The van der Waals surface area contributed by atoms with E-state index in [-0.39, 0.29) is 0 Å². The van der Waals surface area contributed by atoms with Crippen molar-refractivity contribution in [2.75, 3.05) is 4.90 Å². The predicted molar refractivity (Wildman–Crippen MR) is 147 cm³/mol. The lowest BCUT2D eigenvalue weighted by Crippen LogP contribution is -2.09. The molecule has 166 valence electrons. The molecule has 0 bridgehead atoms. The van der Waals surface area contributed by atoms with Crippen LogP contribution in [0.1, 0.15) is 13.8 Å². The Morgan fingerprint density at radius 2 is 1.32 bits per heavy atom. The summed E-state index contributed by atoms with van der Waals surface area (Å²) < 4.78 is 6.36. The van der Waals surface area contributed by atoms with Crippen LogP contribution in [0.15, 0.2) is 119 Å². The summed E-state index contributed by atoms with van der Waals surface area (Å²) in [5, 5.41) is 5.34. The molecule has 1 heterocycles. The summed E-state index contributed by atoms with van der Waals surface area (Å²) >= 11 is 1.88. The van der Waals surface area contributed by atoms with Crippen molar-refractivity contribution in [1.82, 2.24) is 0 Å². The van der Waals surface area contributed by atoms with Crippen LogP contribution in [0.4, 0.5) is 17.1 Å². The van der Waals surface area contributed by atoms with E-state index >= 15 is 0 Å². The van der Waals surface area contributed by atoms with Gasteiger partial charge >= 0.3 is 0 Å². The lowest BCUT2D eigenvalue weighted by molar-refractivity contribution is 0.669. The van der Waals surface area contributed by atoms with Crippen molar-refractivity contribution in [1.29, 1.82) is 0 Å². The molecule has 0 radical (unpaired) electrons. The number of hydrogen-bond donors (Lipinski definition) is 0. The zero-order valence-electron chi connectivity index (χ0n) is 19.2. The summed E-state index contributed by atoms with van der Waals surface area (Å²) in [6.45, 7) is 4.45. The standard InChI is InChI=1S/C31H25NOS/c1-21(2)34-26-16-13-24(14-17-26)32(23-9-4-3-5-10-23)25-15-18-28-30(20-25)33-29-19-12-22-8-6-7-11-27(22)31(28)29/h3-21H,1-2H3. The van der Waals surface area contributed by atoms with Gasteiger partial charge in [-0.2, -0.15) is 0 Å². The van der Waals surface area contributed by atoms with E-state index in [9.17, 15) is 0 Å². The SMILES string of the molecule is CC(C)Sc1ccc(N(c2ccccc2)c2ccc3c(c2)oc2ccc4ccccc4c23)cc1. The highest BCUT2D eigenvalue weighted by Gasteiger charge is 2.16. The van der Waals surface area contributed by atoms with E-state index in [2.05, 4.69) is 128 Å². The fourth-order valence-electron chi connectivity index (χ4n) is 4.64. The fourth-order valence-corrected chi connectivity index (χ4v) is 5.48. The molecule has 0 saturated carbocycles. The molecule has 3 heteroatoms. The number of fused-ring (bicyclic) bond motifs is 5. The van der Waals surface area contributed by atoms with Gasteiger partial charge in [-0.05, 0) is 65.4 Å². The van der Waals surface area contributed by atoms with Gasteiger partial charge in [0.2, 0.25) is 0 Å². The van der Waals surface area contributed by atoms with Gasteiger partial charge in [-0.25, -0.2) is 0 Å². The van der Waals surface area contributed by atoms with Crippen LogP contribution in [-0.4, -0.2) is 5.25 Å². The quantitative estimate of drug-likeness (QED) is 0.239. The van der Waals surface area contributed by atoms with Gasteiger partial charge in [0.1, 0.15) is 11.2 Å². The van der Waals surface area contributed by atoms with E-state index in [0.29, 0.717) is 5.25 Å². The monoisotopic (exact) mass is 459 g/mol. The molecule has 0 atom stereocenters. The number of hydrogen-bond acceptors (Lipinski definition) is 3. The van der Waals surface area contributed by atoms with Crippen LogP contribution in [0.5, 0.6) is 0 Å². The van der Waals surface area contributed by atoms with Crippen molar-refractivity contribution in [2.45, 2.75) is 24.0 Å². The Morgan fingerprint density at radius 3 is 2.12 bits per heavy atom. The zero-order valence-corrected chi connectivity index (χ0v) is 20.0. The largest absolute Gasteiger partial charge is 0.456 e. The Hall–Kier alpha value is -3.69. The third kappa shape index (κ3) is 3.72. The third-order valence-electron chi connectivity index (χ3n) is 6.08. The first-order valence-electron chi connectivity index (χ1n) is 11.6.